The molecule has 0 aromatic carbocycles. The van der Waals surface area contributed by atoms with Gasteiger partial charge < -0.3 is 49.9 Å². The maximum absolute atomic E-state index is 13.2. The van der Waals surface area contributed by atoms with E-state index in [2.05, 4.69) is 16.0 Å². The van der Waals surface area contributed by atoms with Crippen LogP contribution in [0.1, 0.15) is 200 Å². The van der Waals surface area contributed by atoms with Gasteiger partial charge in [0, 0.05) is 64.1 Å². The van der Waals surface area contributed by atoms with Crippen LogP contribution in [0.15, 0.2) is 0 Å². The summed E-state index contributed by atoms with van der Waals surface area (Å²) in [5.74, 6) is -4.63. The number of nitrogens with one attached hydrogen (secondary N) is 3. The molecular weight excluding hydrogens is 931 g/mol. The van der Waals surface area contributed by atoms with E-state index in [-0.39, 0.29) is 139 Å². The van der Waals surface area contributed by atoms with Crippen LogP contribution in [0, 0.1) is 17.8 Å². The first kappa shape index (κ1) is 65.9. The van der Waals surface area contributed by atoms with E-state index >= 15 is 0 Å². The second-order valence-electron chi connectivity index (χ2n) is 19.6. The second kappa shape index (κ2) is 44.4. The summed E-state index contributed by atoms with van der Waals surface area (Å²) in [5.41, 5.74) is 0. The highest BCUT2D eigenvalue weighted by Gasteiger charge is 2.31. The predicted octanol–water partition coefficient (Wildman–Crippen LogP) is 7.43. The molecule has 0 saturated heterocycles. The molecule has 3 amide bonds. The fourth-order valence-electron chi connectivity index (χ4n) is 8.70. The number of carboxylic acid groups (broad SMARTS) is 2. The Hall–Kier alpha value is -4.13. The number of carboxylic acids is 2. The van der Waals surface area contributed by atoms with Gasteiger partial charge in [-0.25, -0.2) is 0 Å². The summed E-state index contributed by atoms with van der Waals surface area (Å²) in [5, 5.41) is 27.4. The predicted molar refractivity (Wildman–Crippen MR) is 272 cm³/mol. The highest BCUT2D eigenvalue weighted by atomic mass is 16.5. The lowest BCUT2D eigenvalue weighted by molar-refractivity contribution is -0.145. The first-order valence-electron chi connectivity index (χ1n) is 27.3. The summed E-state index contributed by atoms with van der Waals surface area (Å²) in [6.45, 7) is 5.11. The maximum atomic E-state index is 13.2. The minimum Gasteiger partial charge on any atom is -0.481 e. The van der Waals surface area contributed by atoms with Gasteiger partial charge >= 0.3 is 11.9 Å². The molecule has 18 heteroatoms. The van der Waals surface area contributed by atoms with Crippen LogP contribution in [0.3, 0.4) is 0 Å². The zero-order valence-corrected chi connectivity index (χ0v) is 44.1. The molecule has 414 valence electrons. The minimum atomic E-state index is -1.19. The average Bonchev–Trinajstić information content (AvgIpc) is 3.34. The lowest BCUT2D eigenvalue weighted by Crippen LogP contribution is -2.41. The first-order valence-corrected chi connectivity index (χ1v) is 27.3. The number of carbonyl (C=O) groups is 9. The van der Waals surface area contributed by atoms with Crippen molar-refractivity contribution >= 4 is 52.8 Å². The highest BCUT2D eigenvalue weighted by Crippen LogP contribution is 2.31. The summed E-state index contributed by atoms with van der Waals surface area (Å²) in [4.78, 5) is 109. The van der Waals surface area contributed by atoms with Crippen molar-refractivity contribution in [2.75, 3.05) is 65.9 Å². The molecule has 0 spiro atoms. The molecule has 0 aromatic heterocycles. The number of hydrogen-bond donors (Lipinski definition) is 5. The molecule has 1 fully saturated rings. The number of ketones is 4. The molecule has 5 N–H and O–H groups in total. The number of ether oxygens (including phenoxy) is 4. The normalized spacial score (nSPS) is 15.3. The van der Waals surface area contributed by atoms with E-state index in [0.29, 0.717) is 38.2 Å². The zero-order valence-electron chi connectivity index (χ0n) is 44.1. The van der Waals surface area contributed by atoms with Crippen LogP contribution >= 0.6 is 0 Å². The Balaban J connectivity index is 2.20. The Morgan fingerprint density at radius 1 is 0.486 bits per heavy atom. The fourth-order valence-corrected chi connectivity index (χ4v) is 8.70. The van der Waals surface area contributed by atoms with E-state index in [1.165, 1.54) is 84.0 Å². The molecule has 1 aliphatic carbocycles. The highest BCUT2D eigenvalue weighted by molar-refractivity contribution is 5.90. The van der Waals surface area contributed by atoms with Gasteiger partial charge in [-0.3, -0.25) is 38.4 Å². The Morgan fingerprint density at radius 2 is 1.01 bits per heavy atom. The molecule has 0 heterocycles. The number of carbonyl (C=O) groups excluding carboxylic acids is 7. The van der Waals surface area contributed by atoms with E-state index in [1.54, 1.807) is 6.92 Å². The summed E-state index contributed by atoms with van der Waals surface area (Å²) in [7, 11) is 0. The second-order valence-corrected chi connectivity index (χ2v) is 19.6. The quantitative estimate of drug-likeness (QED) is 0.0371. The van der Waals surface area contributed by atoms with Crippen LogP contribution in [0.4, 0.5) is 0 Å². The summed E-state index contributed by atoms with van der Waals surface area (Å²) >= 11 is 0. The third kappa shape index (κ3) is 39.4. The van der Waals surface area contributed by atoms with Gasteiger partial charge in [-0.15, -0.1) is 0 Å². The third-order valence-electron chi connectivity index (χ3n) is 13.0. The molecule has 18 nitrogen and oxygen atoms in total. The summed E-state index contributed by atoms with van der Waals surface area (Å²) < 4.78 is 21.1. The van der Waals surface area contributed by atoms with Gasteiger partial charge in [-0.05, 0) is 77.6 Å². The molecule has 0 aromatic rings. The number of hydrogen-bond acceptors (Lipinski definition) is 13. The van der Waals surface area contributed by atoms with Crippen molar-refractivity contribution in [2.45, 2.75) is 206 Å². The molecule has 1 rings (SSSR count). The van der Waals surface area contributed by atoms with Crippen LogP contribution in [0.5, 0.6) is 0 Å². The van der Waals surface area contributed by atoms with Gasteiger partial charge in [-0.1, -0.05) is 89.9 Å². The van der Waals surface area contributed by atoms with Gasteiger partial charge in [0.15, 0.2) is 11.6 Å². The molecule has 1 aliphatic rings. The number of rotatable bonds is 50. The van der Waals surface area contributed by atoms with Crippen LogP contribution < -0.4 is 16.0 Å². The van der Waals surface area contributed by atoms with Crippen LogP contribution in [-0.2, 0) is 62.1 Å². The van der Waals surface area contributed by atoms with Crippen LogP contribution in [-0.4, -0.2) is 135 Å². The van der Waals surface area contributed by atoms with Crippen molar-refractivity contribution in [2.24, 2.45) is 17.8 Å². The Kier molecular flexibility index (Phi) is 40.6. The number of Topliss-reactive ketones (excluding diaryl/α,β-unsaturated/α-hetero) is 4. The van der Waals surface area contributed by atoms with E-state index < -0.39 is 29.8 Å². The van der Waals surface area contributed by atoms with E-state index in [1.807, 2.05) is 0 Å². The van der Waals surface area contributed by atoms with Crippen molar-refractivity contribution in [3.05, 3.63) is 0 Å². The Morgan fingerprint density at radius 3 is 1.56 bits per heavy atom. The Bertz CT molecular complexity index is 1550. The van der Waals surface area contributed by atoms with Crippen molar-refractivity contribution in [3.8, 4) is 0 Å². The molecule has 0 radical (unpaired) electrons. The van der Waals surface area contributed by atoms with Crippen molar-refractivity contribution in [1.82, 2.24) is 16.0 Å². The third-order valence-corrected chi connectivity index (χ3v) is 13.0. The van der Waals surface area contributed by atoms with Gasteiger partial charge in [0.05, 0.1) is 45.0 Å². The molecule has 2 atom stereocenters. The molecular formula is C54H93N3O15. The van der Waals surface area contributed by atoms with Crippen LogP contribution in [0.2, 0.25) is 0 Å². The van der Waals surface area contributed by atoms with E-state index in [0.717, 1.165) is 44.9 Å². The number of amides is 3. The van der Waals surface area contributed by atoms with Crippen molar-refractivity contribution in [1.29, 1.82) is 0 Å². The lowest BCUT2D eigenvalue weighted by Gasteiger charge is -2.28. The van der Waals surface area contributed by atoms with Gasteiger partial charge in [0.2, 0.25) is 17.7 Å². The van der Waals surface area contributed by atoms with Crippen molar-refractivity contribution < 1.29 is 72.3 Å². The lowest BCUT2D eigenvalue weighted by atomic mass is 9.78. The standard InChI is InChI=1S/C54H93N3O15/c1-42(58)20-17-15-13-11-9-7-5-3-4-6-8-10-12-14-16-18-22-50(62)56-39-44-23-25-45(26-24-44)49(61)38-46(54(67)68)27-29-51(63)57-47(28-30-53(65)66)48(60)21-19-32-69-34-37-72-41-52(64)55-31-33-70-35-36-71-40-43(2)59/h44-47H,3-41H2,1-2H3,(H,55,64)(H,56,62)(H,57,63)(H,65,66)(H,67,68)/t44?,45?,46-,47+/m1/s1. The molecule has 0 unspecified atom stereocenters. The topological polar surface area (TPSA) is 267 Å². The van der Waals surface area contributed by atoms with Gasteiger partial charge in [0.25, 0.3) is 0 Å². The SMILES string of the molecule is CC(=O)CCCCCCCCCCCCCCCCCCC(=O)NCC1CCC(C(=O)C[C@@H](CCC(=O)N[C@@H](CCC(=O)O)C(=O)CCCOCCOCC(=O)NCCOCCOCC(C)=O)C(=O)O)CC1. The van der Waals surface area contributed by atoms with E-state index in [4.69, 9.17) is 18.9 Å². The summed E-state index contributed by atoms with van der Waals surface area (Å²) in [6, 6.07) is -1.08. The van der Waals surface area contributed by atoms with Crippen molar-refractivity contribution in [3.63, 3.8) is 0 Å². The zero-order chi connectivity index (χ0) is 53.0. The molecule has 1 saturated carbocycles. The minimum absolute atomic E-state index is 0.00489. The summed E-state index contributed by atoms with van der Waals surface area (Å²) in [6.07, 6.45) is 22.6. The van der Waals surface area contributed by atoms with Gasteiger partial charge in [0.1, 0.15) is 24.8 Å². The fraction of sp³-hybridized carbons (Fsp3) is 0.833. The molecule has 0 bridgehead atoms. The molecule has 0 aliphatic heterocycles. The Labute approximate surface area is 429 Å². The smallest absolute Gasteiger partial charge is 0.306 e. The largest absolute Gasteiger partial charge is 0.481 e. The van der Waals surface area contributed by atoms with Crippen LogP contribution in [0.25, 0.3) is 0 Å². The average molecular weight is 1020 g/mol. The maximum Gasteiger partial charge on any atom is 0.306 e. The number of aliphatic carboxylic acids is 2. The first-order chi connectivity index (χ1) is 34.7. The molecule has 72 heavy (non-hydrogen) atoms. The monoisotopic (exact) mass is 1020 g/mol. The number of unbranched alkanes of at least 4 members (excludes halogenated alkanes) is 15. The van der Waals surface area contributed by atoms with E-state index in [9.17, 15) is 53.4 Å². The van der Waals surface area contributed by atoms with Gasteiger partial charge in [-0.2, -0.15) is 0 Å².